The summed E-state index contributed by atoms with van der Waals surface area (Å²) in [5.41, 5.74) is 0.740. The Morgan fingerprint density at radius 2 is 1.71 bits per heavy atom. The number of carbonyl (C=O) groups is 1. The average Bonchev–Trinajstić information content (AvgIpc) is 2.46. The highest BCUT2D eigenvalue weighted by Crippen LogP contribution is 2.47. The van der Waals surface area contributed by atoms with Crippen LogP contribution in [0, 0.1) is 0 Å². The van der Waals surface area contributed by atoms with E-state index in [9.17, 15) is 9.36 Å². The van der Waals surface area contributed by atoms with Gasteiger partial charge in [-0.2, -0.15) is 0 Å². The first-order valence-electron chi connectivity index (χ1n) is 7.56. The fraction of sp³-hybridized carbons (Fsp3) is 0.562. The number of Topliss-reactive ketones (excluding diaryl/α,β-unsaturated/α-hetero) is 1. The molecule has 0 N–H and O–H groups in total. The van der Waals surface area contributed by atoms with E-state index in [2.05, 4.69) is 6.92 Å². The maximum Gasteiger partial charge on any atom is 0.361 e. The summed E-state index contributed by atoms with van der Waals surface area (Å²) < 4.78 is 23.6. The van der Waals surface area contributed by atoms with Gasteiger partial charge >= 0.3 is 7.60 Å². The fourth-order valence-electron chi connectivity index (χ4n) is 2.12. The summed E-state index contributed by atoms with van der Waals surface area (Å²) in [5, 5.41) is 0.513. The predicted octanol–water partition coefficient (Wildman–Crippen LogP) is 3.88. The number of benzene rings is 1. The van der Waals surface area contributed by atoms with E-state index in [0.29, 0.717) is 24.9 Å². The minimum Gasteiger partial charge on any atom is -0.305 e. The summed E-state index contributed by atoms with van der Waals surface area (Å²) in [6.07, 6.45) is 2.71. The van der Waals surface area contributed by atoms with Crippen LogP contribution in [0.1, 0.15) is 45.6 Å². The number of ketones is 1. The van der Waals surface area contributed by atoms with Crippen LogP contribution in [-0.2, 0) is 24.8 Å². The van der Waals surface area contributed by atoms with Gasteiger partial charge in [-0.05, 0) is 31.9 Å². The zero-order chi connectivity index (χ0) is 15.7. The largest absolute Gasteiger partial charge is 0.361 e. The highest BCUT2D eigenvalue weighted by Gasteiger charge is 2.29. The van der Waals surface area contributed by atoms with E-state index < -0.39 is 7.60 Å². The number of unbranched alkanes of at least 4 members (excludes halogenated alkanes) is 1. The van der Waals surface area contributed by atoms with Gasteiger partial charge < -0.3 is 9.05 Å². The van der Waals surface area contributed by atoms with Crippen LogP contribution in [0.5, 0.6) is 0 Å². The summed E-state index contributed by atoms with van der Waals surface area (Å²) in [5.74, 6) is 0.156. The monoisotopic (exact) mass is 312 g/mol. The molecule has 0 unspecified atom stereocenters. The lowest BCUT2D eigenvalue weighted by Crippen LogP contribution is -2.18. The van der Waals surface area contributed by atoms with Gasteiger partial charge in [0.1, 0.15) is 5.78 Å². The summed E-state index contributed by atoms with van der Waals surface area (Å²) >= 11 is 0. The molecule has 0 saturated carbocycles. The molecule has 1 rings (SSSR count). The second kappa shape index (κ2) is 9.14. The van der Waals surface area contributed by atoms with Gasteiger partial charge in [-0.15, -0.1) is 0 Å². The van der Waals surface area contributed by atoms with E-state index in [0.717, 1.165) is 18.4 Å². The van der Waals surface area contributed by atoms with Gasteiger partial charge in [0.25, 0.3) is 0 Å². The first-order chi connectivity index (χ1) is 10.1. The molecule has 0 atom stereocenters. The summed E-state index contributed by atoms with van der Waals surface area (Å²) in [6.45, 7) is 6.21. The topological polar surface area (TPSA) is 52.6 Å². The Hall–Kier alpha value is -0.960. The quantitative estimate of drug-likeness (QED) is 0.615. The Balaban J connectivity index is 3.01. The Bertz CT molecular complexity index is 489. The maximum atomic E-state index is 12.9. The molecule has 0 spiro atoms. The van der Waals surface area contributed by atoms with Crippen molar-refractivity contribution >= 4 is 18.7 Å². The van der Waals surface area contributed by atoms with E-state index in [1.807, 2.05) is 12.1 Å². The standard InChI is InChI=1S/C16H25O4P/c1-4-7-11-15(17)13-14-10-8-9-12-16(14)21(18,19-5-2)20-6-3/h8-10,12H,4-7,11,13H2,1-3H3. The molecular formula is C16H25O4P. The van der Waals surface area contributed by atoms with Gasteiger partial charge in [-0.25, -0.2) is 0 Å². The molecule has 4 nitrogen and oxygen atoms in total. The zero-order valence-electron chi connectivity index (χ0n) is 13.1. The lowest BCUT2D eigenvalue weighted by molar-refractivity contribution is -0.118. The lowest BCUT2D eigenvalue weighted by Gasteiger charge is -2.19. The average molecular weight is 312 g/mol. The van der Waals surface area contributed by atoms with Crippen LogP contribution in [0.15, 0.2) is 24.3 Å². The van der Waals surface area contributed by atoms with E-state index in [-0.39, 0.29) is 12.2 Å². The molecule has 118 valence electrons. The van der Waals surface area contributed by atoms with Gasteiger partial charge in [0.2, 0.25) is 0 Å². The van der Waals surface area contributed by atoms with Crippen molar-refractivity contribution in [3.05, 3.63) is 29.8 Å². The smallest absolute Gasteiger partial charge is 0.305 e. The van der Waals surface area contributed by atoms with Gasteiger partial charge in [-0.1, -0.05) is 31.5 Å². The second-order valence-electron chi connectivity index (χ2n) is 4.78. The minimum atomic E-state index is -3.34. The van der Waals surface area contributed by atoms with Gasteiger partial charge in [0, 0.05) is 12.8 Å². The summed E-state index contributed by atoms with van der Waals surface area (Å²) in [7, 11) is -3.34. The molecule has 0 amide bonds. The lowest BCUT2D eigenvalue weighted by atomic mass is 10.1. The van der Waals surface area contributed by atoms with Crippen molar-refractivity contribution in [2.45, 2.75) is 46.5 Å². The number of rotatable bonds is 10. The van der Waals surface area contributed by atoms with E-state index in [1.54, 1.807) is 26.0 Å². The van der Waals surface area contributed by atoms with Crippen LogP contribution in [-0.4, -0.2) is 19.0 Å². The third kappa shape index (κ3) is 5.39. The normalized spacial score (nSPS) is 11.6. The molecule has 0 bridgehead atoms. The first kappa shape index (κ1) is 18.1. The van der Waals surface area contributed by atoms with Crippen LogP contribution < -0.4 is 5.30 Å². The van der Waals surface area contributed by atoms with Crippen molar-refractivity contribution in [2.24, 2.45) is 0 Å². The van der Waals surface area contributed by atoms with Crippen LogP contribution in [0.2, 0.25) is 0 Å². The Morgan fingerprint density at radius 1 is 1.10 bits per heavy atom. The van der Waals surface area contributed by atoms with Crippen molar-refractivity contribution in [3.63, 3.8) is 0 Å². The molecule has 1 aromatic carbocycles. The SMILES string of the molecule is CCCCC(=O)Cc1ccccc1P(=O)(OCC)OCC. The molecule has 0 aliphatic heterocycles. The van der Waals surface area contributed by atoms with Crippen molar-refractivity contribution < 1.29 is 18.4 Å². The predicted molar refractivity (Wildman–Crippen MR) is 85.2 cm³/mol. The molecule has 0 aliphatic rings. The van der Waals surface area contributed by atoms with Crippen LogP contribution in [0.3, 0.4) is 0 Å². The van der Waals surface area contributed by atoms with Crippen molar-refractivity contribution in [3.8, 4) is 0 Å². The molecule has 21 heavy (non-hydrogen) atoms. The van der Waals surface area contributed by atoms with E-state index in [4.69, 9.17) is 9.05 Å². The molecule has 0 heterocycles. The minimum absolute atomic E-state index is 0.156. The molecule has 0 saturated heterocycles. The number of hydrogen-bond donors (Lipinski definition) is 0. The molecular weight excluding hydrogens is 287 g/mol. The highest BCUT2D eigenvalue weighted by molar-refractivity contribution is 7.62. The maximum absolute atomic E-state index is 12.9. The van der Waals surface area contributed by atoms with Crippen LogP contribution in [0.25, 0.3) is 0 Å². The Kier molecular flexibility index (Phi) is 7.87. The summed E-state index contributed by atoms with van der Waals surface area (Å²) in [6, 6.07) is 7.19. The molecule has 1 aromatic rings. The third-order valence-electron chi connectivity index (χ3n) is 3.08. The highest BCUT2D eigenvalue weighted by atomic mass is 31.2. The van der Waals surface area contributed by atoms with E-state index >= 15 is 0 Å². The van der Waals surface area contributed by atoms with Crippen LogP contribution >= 0.6 is 7.60 Å². The van der Waals surface area contributed by atoms with Gasteiger partial charge in [0.05, 0.1) is 18.5 Å². The number of carbonyl (C=O) groups excluding carboxylic acids is 1. The molecule has 5 heteroatoms. The van der Waals surface area contributed by atoms with Crippen molar-refractivity contribution in [1.29, 1.82) is 0 Å². The summed E-state index contributed by atoms with van der Waals surface area (Å²) in [4.78, 5) is 12.0. The molecule has 0 fully saturated rings. The molecule has 0 aromatic heterocycles. The van der Waals surface area contributed by atoms with Crippen LogP contribution in [0.4, 0.5) is 0 Å². The second-order valence-corrected chi connectivity index (χ2v) is 6.77. The first-order valence-corrected chi connectivity index (χ1v) is 9.10. The van der Waals surface area contributed by atoms with Gasteiger partial charge in [-0.3, -0.25) is 9.36 Å². The van der Waals surface area contributed by atoms with Crippen molar-refractivity contribution in [1.82, 2.24) is 0 Å². The molecule has 0 aliphatic carbocycles. The third-order valence-corrected chi connectivity index (χ3v) is 5.30. The fourth-order valence-corrected chi connectivity index (χ4v) is 3.93. The Morgan fingerprint density at radius 3 is 2.29 bits per heavy atom. The molecule has 0 radical (unpaired) electrons. The number of hydrogen-bond acceptors (Lipinski definition) is 4. The zero-order valence-corrected chi connectivity index (χ0v) is 14.0. The van der Waals surface area contributed by atoms with E-state index in [1.165, 1.54) is 0 Å². The van der Waals surface area contributed by atoms with Gasteiger partial charge in [0.15, 0.2) is 0 Å². The van der Waals surface area contributed by atoms with Crippen molar-refractivity contribution in [2.75, 3.05) is 13.2 Å². The Labute approximate surface area is 127 Å².